The van der Waals surface area contributed by atoms with Crippen LogP contribution in [-0.4, -0.2) is 35.5 Å². The molecule has 0 atom stereocenters. The fraction of sp³-hybridized carbons (Fsp3) is 0.750. The maximum atomic E-state index is 4.87. The molecule has 1 spiro atoms. The Balaban J connectivity index is 1.69. The van der Waals surface area contributed by atoms with Crippen LogP contribution in [0.2, 0.25) is 0 Å². The molecule has 1 saturated carbocycles. The molecule has 1 saturated heterocycles. The van der Waals surface area contributed by atoms with Gasteiger partial charge in [0.2, 0.25) is 0 Å². The number of thiazole rings is 1. The summed E-state index contributed by atoms with van der Waals surface area (Å²) in [5.74, 6) is 1.09. The molecule has 1 aromatic heterocycles. The van der Waals surface area contributed by atoms with Crippen LogP contribution < -0.4 is 5.32 Å². The van der Waals surface area contributed by atoms with E-state index in [4.69, 9.17) is 4.99 Å². The van der Waals surface area contributed by atoms with E-state index in [1.54, 1.807) is 11.3 Å². The maximum absolute atomic E-state index is 4.87. The summed E-state index contributed by atoms with van der Waals surface area (Å²) in [5, 5.41) is 4.60. The van der Waals surface area contributed by atoms with E-state index in [0.29, 0.717) is 5.41 Å². The predicted octanol–water partition coefficient (Wildman–Crippen LogP) is 3.10. The van der Waals surface area contributed by atoms with Gasteiger partial charge in [0.15, 0.2) is 5.96 Å². The molecule has 1 aliphatic carbocycles. The molecule has 21 heavy (non-hydrogen) atoms. The number of hydrogen-bond acceptors (Lipinski definition) is 3. The number of nitrogens with zero attached hydrogens (tertiary/aromatic N) is 3. The van der Waals surface area contributed by atoms with Crippen molar-refractivity contribution >= 4 is 17.3 Å². The second-order valence-corrected chi connectivity index (χ2v) is 7.72. The van der Waals surface area contributed by atoms with Gasteiger partial charge >= 0.3 is 0 Å². The Morgan fingerprint density at radius 3 is 2.71 bits per heavy atom. The maximum Gasteiger partial charge on any atom is 0.194 e. The van der Waals surface area contributed by atoms with E-state index in [9.17, 15) is 0 Å². The van der Waals surface area contributed by atoms with Crippen LogP contribution in [0.3, 0.4) is 0 Å². The van der Waals surface area contributed by atoms with Crippen molar-refractivity contribution in [2.75, 3.05) is 19.6 Å². The van der Waals surface area contributed by atoms with Gasteiger partial charge in [-0.05, 0) is 45.4 Å². The van der Waals surface area contributed by atoms with Crippen LogP contribution in [0.5, 0.6) is 0 Å². The third-order valence-electron chi connectivity index (χ3n) is 4.86. The minimum absolute atomic E-state index is 0.618. The summed E-state index contributed by atoms with van der Waals surface area (Å²) in [6.07, 6.45) is 5.59. The summed E-state index contributed by atoms with van der Waals surface area (Å²) in [6.45, 7) is 10.3. The van der Waals surface area contributed by atoms with E-state index in [2.05, 4.69) is 36.0 Å². The van der Waals surface area contributed by atoms with Crippen molar-refractivity contribution in [2.24, 2.45) is 10.4 Å². The van der Waals surface area contributed by atoms with Crippen LogP contribution in [-0.2, 0) is 6.54 Å². The van der Waals surface area contributed by atoms with Gasteiger partial charge < -0.3 is 10.2 Å². The summed E-state index contributed by atoms with van der Waals surface area (Å²) >= 11 is 1.77. The van der Waals surface area contributed by atoms with Gasteiger partial charge in [-0.3, -0.25) is 0 Å². The summed E-state index contributed by atoms with van der Waals surface area (Å²) in [5.41, 5.74) is 1.75. The molecule has 0 amide bonds. The van der Waals surface area contributed by atoms with Crippen LogP contribution in [0.15, 0.2) is 4.99 Å². The average molecular weight is 306 g/mol. The van der Waals surface area contributed by atoms with Gasteiger partial charge in [0, 0.05) is 24.5 Å². The number of likely N-dealkylation sites (tertiary alicyclic amines) is 1. The molecule has 1 aliphatic heterocycles. The molecule has 0 aromatic carbocycles. The molecule has 2 fully saturated rings. The molecule has 116 valence electrons. The normalized spacial score (nSPS) is 20.9. The minimum atomic E-state index is 0.618. The molecule has 5 heteroatoms. The Morgan fingerprint density at radius 1 is 1.38 bits per heavy atom. The van der Waals surface area contributed by atoms with Crippen molar-refractivity contribution in [2.45, 2.75) is 53.0 Å². The second kappa shape index (κ2) is 5.95. The van der Waals surface area contributed by atoms with Gasteiger partial charge in [-0.1, -0.05) is 6.42 Å². The van der Waals surface area contributed by atoms with Crippen LogP contribution in [0.1, 0.15) is 48.2 Å². The lowest BCUT2D eigenvalue weighted by atomic mass is 9.68. The van der Waals surface area contributed by atoms with Crippen LogP contribution in [0.4, 0.5) is 0 Å². The highest BCUT2D eigenvalue weighted by atomic mass is 32.1. The van der Waals surface area contributed by atoms with Gasteiger partial charge in [-0.2, -0.15) is 0 Å². The fourth-order valence-electron chi connectivity index (χ4n) is 3.49. The Morgan fingerprint density at radius 2 is 2.19 bits per heavy atom. The molecule has 2 aliphatic rings. The van der Waals surface area contributed by atoms with E-state index in [1.165, 1.54) is 37.1 Å². The number of hydrogen-bond donors (Lipinski definition) is 1. The first-order valence-electron chi connectivity index (χ1n) is 8.08. The van der Waals surface area contributed by atoms with Crippen LogP contribution in [0.25, 0.3) is 0 Å². The van der Waals surface area contributed by atoms with Gasteiger partial charge in [0.25, 0.3) is 0 Å². The van der Waals surface area contributed by atoms with Gasteiger partial charge in [-0.25, -0.2) is 9.98 Å². The summed E-state index contributed by atoms with van der Waals surface area (Å²) in [7, 11) is 0. The first-order chi connectivity index (χ1) is 10.1. The number of nitrogens with one attached hydrogen (secondary N) is 1. The molecule has 3 rings (SSSR count). The monoisotopic (exact) mass is 306 g/mol. The molecule has 0 unspecified atom stereocenters. The predicted molar refractivity (Wildman–Crippen MR) is 88.9 cm³/mol. The van der Waals surface area contributed by atoms with Crippen molar-refractivity contribution < 1.29 is 0 Å². The molecular weight excluding hydrogens is 280 g/mol. The third-order valence-corrected chi connectivity index (χ3v) is 5.92. The summed E-state index contributed by atoms with van der Waals surface area (Å²) in [4.78, 5) is 13.1. The van der Waals surface area contributed by atoms with Crippen molar-refractivity contribution in [3.63, 3.8) is 0 Å². The number of aromatic nitrogens is 1. The Labute approximate surface area is 131 Å². The van der Waals surface area contributed by atoms with Crippen molar-refractivity contribution in [3.05, 3.63) is 15.6 Å². The van der Waals surface area contributed by atoms with Crippen molar-refractivity contribution in [1.29, 1.82) is 0 Å². The van der Waals surface area contributed by atoms with Gasteiger partial charge in [0.05, 0.1) is 17.2 Å². The Hall–Kier alpha value is -1.10. The zero-order valence-corrected chi connectivity index (χ0v) is 14.2. The lowest BCUT2D eigenvalue weighted by molar-refractivity contribution is 0.151. The number of aryl methyl sites for hydroxylation is 2. The van der Waals surface area contributed by atoms with Gasteiger partial charge in [0.1, 0.15) is 0 Å². The molecule has 4 nitrogen and oxygen atoms in total. The molecular formula is C16H26N4S. The van der Waals surface area contributed by atoms with E-state index < -0.39 is 0 Å². The van der Waals surface area contributed by atoms with Crippen molar-refractivity contribution in [3.8, 4) is 0 Å². The lowest BCUT2D eigenvalue weighted by Crippen LogP contribution is -2.42. The van der Waals surface area contributed by atoms with E-state index >= 15 is 0 Å². The van der Waals surface area contributed by atoms with Crippen LogP contribution >= 0.6 is 11.3 Å². The fourth-order valence-corrected chi connectivity index (χ4v) is 4.36. The molecule has 1 aromatic rings. The quantitative estimate of drug-likeness (QED) is 0.689. The van der Waals surface area contributed by atoms with Crippen molar-refractivity contribution in [1.82, 2.24) is 15.2 Å². The number of aliphatic imine (C=N–C) groups is 1. The number of guanidine groups is 1. The van der Waals surface area contributed by atoms with Gasteiger partial charge in [-0.15, -0.1) is 11.3 Å². The highest BCUT2D eigenvalue weighted by Crippen LogP contribution is 2.47. The number of rotatable bonds is 3. The zero-order valence-electron chi connectivity index (χ0n) is 13.4. The smallest absolute Gasteiger partial charge is 0.194 e. The highest BCUT2D eigenvalue weighted by Gasteiger charge is 2.43. The van der Waals surface area contributed by atoms with Crippen LogP contribution in [0, 0.1) is 19.3 Å². The standard InChI is InChI=1S/C16H26N4S/c1-4-17-15(18-10-14-12(2)19-13(3)21-14)20-9-8-16(11-20)6-5-7-16/h4-11H2,1-3H3,(H,17,18). The summed E-state index contributed by atoms with van der Waals surface area (Å²) in [6, 6.07) is 0. The Bertz CT molecular complexity index is 530. The topological polar surface area (TPSA) is 40.5 Å². The highest BCUT2D eigenvalue weighted by molar-refractivity contribution is 7.11. The second-order valence-electron chi connectivity index (χ2n) is 6.44. The van der Waals surface area contributed by atoms with E-state index in [-0.39, 0.29) is 0 Å². The Kier molecular flexibility index (Phi) is 4.20. The SMILES string of the molecule is CCNC(=NCc1sc(C)nc1C)N1CCC2(CCC2)C1. The minimum Gasteiger partial charge on any atom is -0.357 e. The largest absolute Gasteiger partial charge is 0.357 e. The van der Waals surface area contributed by atoms with E-state index in [1.807, 2.05) is 0 Å². The molecule has 0 radical (unpaired) electrons. The average Bonchev–Trinajstić information content (AvgIpc) is 2.98. The third kappa shape index (κ3) is 3.07. The zero-order chi connectivity index (χ0) is 14.9. The summed E-state index contributed by atoms with van der Waals surface area (Å²) < 4.78 is 0. The first-order valence-corrected chi connectivity index (χ1v) is 8.90. The molecule has 2 heterocycles. The van der Waals surface area contributed by atoms with E-state index in [0.717, 1.165) is 36.3 Å². The molecule has 1 N–H and O–H groups in total. The molecule has 0 bridgehead atoms. The first kappa shape index (κ1) is 14.8. The lowest BCUT2D eigenvalue weighted by Gasteiger charge is -2.38.